The fourth-order valence-corrected chi connectivity index (χ4v) is 4.36. The number of benzene rings is 1. The number of hydrogen-bond donors (Lipinski definition) is 1. The van der Waals surface area contributed by atoms with Crippen molar-refractivity contribution in [3.63, 3.8) is 0 Å². The van der Waals surface area contributed by atoms with E-state index < -0.39 is 21.6 Å². The van der Waals surface area contributed by atoms with Crippen molar-refractivity contribution in [2.24, 2.45) is 0 Å². The lowest BCUT2D eigenvalue weighted by Crippen LogP contribution is -2.35. The first-order chi connectivity index (χ1) is 10.9. The van der Waals surface area contributed by atoms with E-state index in [-0.39, 0.29) is 21.4 Å². The van der Waals surface area contributed by atoms with Gasteiger partial charge in [0.2, 0.25) is 15.6 Å². The van der Waals surface area contributed by atoms with Crippen molar-refractivity contribution in [3.8, 4) is 0 Å². The Morgan fingerprint density at radius 2 is 1.83 bits per heavy atom. The molecule has 8 heteroatoms. The Morgan fingerprint density at radius 3 is 2.48 bits per heavy atom. The molecule has 1 aliphatic heterocycles. The normalized spacial score (nSPS) is 16.5. The second kappa shape index (κ2) is 5.78. The van der Waals surface area contributed by atoms with Crippen molar-refractivity contribution in [3.05, 3.63) is 40.2 Å². The van der Waals surface area contributed by atoms with E-state index in [9.17, 15) is 23.1 Å². The zero-order chi connectivity index (χ0) is 16.6. The van der Waals surface area contributed by atoms with Crippen LogP contribution < -0.4 is 10.7 Å². The van der Waals surface area contributed by atoms with Gasteiger partial charge >= 0.3 is 0 Å². The molecule has 0 spiro atoms. The number of carboxylic acids is 1. The second-order valence-electron chi connectivity index (χ2n) is 5.51. The van der Waals surface area contributed by atoms with Crippen molar-refractivity contribution in [1.82, 2.24) is 9.29 Å². The van der Waals surface area contributed by atoms with Gasteiger partial charge in [-0.2, -0.15) is 4.31 Å². The Labute approximate surface area is 132 Å². The number of H-pyrrole nitrogens is 1. The summed E-state index contributed by atoms with van der Waals surface area (Å²) >= 11 is 0. The minimum Gasteiger partial charge on any atom is -0.545 e. The molecule has 0 aliphatic carbocycles. The number of pyridine rings is 1. The number of hydrogen-bond acceptors (Lipinski definition) is 5. The Hall–Kier alpha value is -2.19. The molecular weight excluding hydrogens is 320 g/mol. The lowest BCUT2D eigenvalue weighted by molar-refractivity contribution is -0.254. The molecule has 1 fully saturated rings. The van der Waals surface area contributed by atoms with Gasteiger partial charge in [0.25, 0.3) is 0 Å². The number of aromatic nitrogens is 1. The molecular formula is C15H15N2O5S-. The smallest absolute Gasteiger partial charge is 0.249 e. The third-order valence-electron chi connectivity index (χ3n) is 3.99. The molecule has 1 N–H and O–H groups in total. The number of nitrogens with one attached hydrogen (secondary N) is 1. The number of carbonyl (C=O) groups is 1. The van der Waals surface area contributed by atoms with E-state index in [4.69, 9.17) is 0 Å². The number of nitrogens with zero attached hydrogens (tertiary/aromatic N) is 1. The molecule has 2 aromatic rings. The van der Waals surface area contributed by atoms with E-state index in [1.165, 1.54) is 22.5 Å². The Bertz CT molecular complexity index is 927. The van der Waals surface area contributed by atoms with Crippen LogP contribution in [0.3, 0.4) is 0 Å². The van der Waals surface area contributed by atoms with Crippen molar-refractivity contribution in [2.75, 3.05) is 13.1 Å². The van der Waals surface area contributed by atoms with Gasteiger partial charge in [-0.1, -0.05) is 6.42 Å². The van der Waals surface area contributed by atoms with Gasteiger partial charge < -0.3 is 14.9 Å². The van der Waals surface area contributed by atoms with E-state index in [2.05, 4.69) is 4.98 Å². The van der Waals surface area contributed by atoms with Crippen LogP contribution in [-0.2, 0) is 10.0 Å². The van der Waals surface area contributed by atoms with Crippen LogP contribution in [-0.4, -0.2) is 36.8 Å². The zero-order valence-electron chi connectivity index (χ0n) is 12.2. The lowest BCUT2D eigenvalue weighted by atomic mass is 10.1. The van der Waals surface area contributed by atoms with E-state index in [0.29, 0.717) is 13.1 Å². The fraction of sp³-hybridized carbons (Fsp3) is 0.333. The molecule has 0 saturated carbocycles. The number of sulfonamides is 1. The van der Waals surface area contributed by atoms with Gasteiger partial charge in [-0.3, -0.25) is 4.79 Å². The van der Waals surface area contributed by atoms with E-state index in [0.717, 1.165) is 25.3 Å². The summed E-state index contributed by atoms with van der Waals surface area (Å²) in [5.74, 6) is -1.52. The number of fused-ring (bicyclic) bond motifs is 1. The molecule has 0 unspecified atom stereocenters. The maximum Gasteiger partial charge on any atom is 0.249 e. The first-order valence-electron chi connectivity index (χ1n) is 7.28. The largest absolute Gasteiger partial charge is 0.545 e. The monoisotopic (exact) mass is 335 g/mol. The predicted octanol–water partition coefficient (Wildman–Crippen LogP) is 0.0662. The number of carboxylic acid groups (broad SMARTS) is 1. The van der Waals surface area contributed by atoms with Crippen LogP contribution in [0, 0.1) is 0 Å². The van der Waals surface area contributed by atoms with Gasteiger partial charge in [0.15, 0.2) is 0 Å². The quantitative estimate of drug-likeness (QED) is 0.853. The minimum absolute atomic E-state index is 0.0152. The van der Waals surface area contributed by atoms with Gasteiger partial charge in [-0.25, -0.2) is 8.42 Å². The second-order valence-corrected chi connectivity index (χ2v) is 7.44. The van der Waals surface area contributed by atoms with E-state index >= 15 is 0 Å². The van der Waals surface area contributed by atoms with Gasteiger partial charge in [0.1, 0.15) is 0 Å². The number of rotatable bonds is 3. The van der Waals surface area contributed by atoms with E-state index in [1.54, 1.807) is 0 Å². The number of aromatic amines is 1. The molecule has 0 amide bonds. The first kappa shape index (κ1) is 15.7. The molecule has 0 atom stereocenters. The highest BCUT2D eigenvalue weighted by atomic mass is 32.2. The first-order valence-corrected chi connectivity index (χ1v) is 8.72. The van der Waals surface area contributed by atoms with Crippen LogP contribution in [0.1, 0.15) is 29.6 Å². The highest BCUT2D eigenvalue weighted by Crippen LogP contribution is 2.24. The summed E-state index contributed by atoms with van der Waals surface area (Å²) in [6.45, 7) is 0.915. The highest BCUT2D eigenvalue weighted by molar-refractivity contribution is 7.89. The molecule has 7 nitrogen and oxygen atoms in total. The standard InChI is InChI=1S/C15H16N2O5S/c18-14-9-12(15(19)20)11-8-10(4-5-13(11)16-14)23(21,22)17-6-2-1-3-7-17/h4-5,8-9H,1-3,6-7H2,(H,16,18)(H,19,20)/p-1. The lowest BCUT2D eigenvalue weighted by Gasteiger charge is -2.26. The third-order valence-corrected chi connectivity index (χ3v) is 5.88. The number of piperidine rings is 1. The summed E-state index contributed by atoms with van der Waals surface area (Å²) in [5, 5.41) is 11.3. The van der Waals surface area contributed by atoms with Crippen molar-refractivity contribution < 1.29 is 18.3 Å². The SMILES string of the molecule is O=C([O-])c1cc(=O)[nH]c2ccc(S(=O)(=O)N3CCCCC3)cc12. The molecule has 0 bridgehead atoms. The summed E-state index contributed by atoms with van der Waals surface area (Å²) in [4.78, 5) is 25.2. The molecule has 2 heterocycles. The zero-order valence-corrected chi connectivity index (χ0v) is 13.1. The fourth-order valence-electron chi connectivity index (χ4n) is 2.82. The molecule has 122 valence electrons. The van der Waals surface area contributed by atoms with Gasteiger partial charge in [-0.15, -0.1) is 0 Å². The van der Waals surface area contributed by atoms with E-state index in [1.807, 2.05) is 0 Å². The molecule has 1 aromatic carbocycles. The van der Waals surface area contributed by atoms with Gasteiger partial charge in [0.05, 0.1) is 10.9 Å². The Balaban J connectivity index is 2.16. The van der Waals surface area contributed by atoms with Crippen LogP contribution in [0.5, 0.6) is 0 Å². The molecule has 23 heavy (non-hydrogen) atoms. The summed E-state index contributed by atoms with van der Waals surface area (Å²) in [6.07, 6.45) is 2.62. The van der Waals surface area contributed by atoms with Crippen LogP contribution in [0.25, 0.3) is 10.9 Å². The summed E-state index contributed by atoms with van der Waals surface area (Å²) in [7, 11) is -3.68. The molecule has 3 rings (SSSR count). The molecule has 1 aromatic heterocycles. The number of carbonyl (C=O) groups excluding carboxylic acids is 1. The van der Waals surface area contributed by atoms with Crippen LogP contribution in [0.2, 0.25) is 0 Å². The number of aromatic carboxylic acids is 1. The summed E-state index contributed by atoms with van der Waals surface area (Å²) in [6, 6.07) is 4.95. The molecule has 1 aliphatic rings. The van der Waals surface area contributed by atoms with Gasteiger partial charge in [0, 0.05) is 35.6 Å². The maximum absolute atomic E-state index is 12.7. The molecule has 0 radical (unpaired) electrons. The Morgan fingerprint density at radius 1 is 1.13 bits per heavy atom. The third kappa shape index (κ3) is 2.87. The highest BCUT2D eigenvalue weighted by Gasteiger charge is 2.26. The molecule has 1 saturated heterocycles. The Kier molecular flexibility index (Phi) is 3.95. The average molecular weight is 335 g/mol. The van der Waals surface area contributed by atoms with Crippen molar-refractivity contribution >= 4 is 26.9 Å². The predicted molar refractivity (Wildman–Crippen MR) is 81.5 cm³/mol. The van der Waals surface area contributed by atoms with Crippen molar-refractivity contribution in [1.29, 1.82) is 0 Å². The minimum atomic E-state index is -3.68. The summed E-state index contributed by atoms with van der Waals surface area (Å²) < 4.78 is 26.7. The van der Waals surface area contributed by atoms with Crippen molar-refractivity contribution in [2.45, 2.75) is 24.2 Å². The topological polar surface area (TPSA) is 110 Å². The maximum atomic E-state index is 12.7. The summed E-state index contributed by atoms with van der Waals surface area (Å²) in [5.41, 5.74) is -0.642. The van der Waals surface area contributed by atoms with Crippen LogP contribution >= 0.6 is 0 Å². The van der Waals surface area contributed by atoms with Crippen LogP contribution in [0.4, 0.5) is 0 Å². The van der Waals surface area contributed by atoms with Crippen LogP contribution in [0.15, 0.2) is 34.0 Å². The average Bonchev–Trinajstić information content (AvgIpc) is 2.54. The van der Waals surface area contributed by atoms with Gasteiger partial charge in [-0.05, 0) is 31.0 Å².